The van der Waals surface area contributed by atoms with Crippen LogP contribution in [0.3, 0.4) is 0 Å². The number of nitrogens with one attached hydrogen (secondary N) is 1. The van der Waals surface area contributed by atoms with Crippen LogP contribution < -0.4 is 10.1 Å². The zero-order valence-electron chi connectivity index (χ0n) is 17.5. The molecule has 1 unspecified atom stereocenters. The number of unbranched alkanes of at least 4 members (excludes halogenated alkanes) is 1. The average Bonchev–Trinajstić information content (AvgIpc) is 3.06. The van der Waals surface area contributed by atoms with Crippen molar-refractivity contribution in [2.75, 3.05) is 32.2 Å². The van der Waals surface area contributed by atoms with Gasteiger partial charge in [-0.15, -0.1) is 0 Å². The van der Waals surface area contributed by atoms with Gasteiger partial charge in [0.25, 0.3) is 0 Å². The molecule has 1 atom stereocenters. The fraction of sp³-hybridized carbons (Fsp3) is 0.435. The highest BCUT2D eigenvalue weighted by molar-refractivity contribution is 5.95. The second-order valence-corrected chi connectivity index (χ2v) is 7.21. The van der Waals surface area contributed by atoms with Gasteiger partial charge in [0.2, 0.25) is 0 Å². The van der Waals surface area contributed by atoms with Gasteiger partial charge >= 0.3 is 0 Å². The standard InChI is InChI=1S/C23H30FN3O2/c1-4-5-13-29-14-12-18(17-8-6-9-19(24)15-17)16-25-23-22-20(27(2)26-23)10-7-11-21(22)28-3/h6-11,15,18H,4-5,12-14,16H2,1-3H3,(H,25,26). The largest absolute Gasteiger partial charge is 0.496 e. The molecule has 0 aliphatic carbocycles. The number of hydrogen-bond acceptors (Lipinski definition) is 4. The van der Waals surface area contributed by atoms with Crippen LogP contribution in [0.25, 0.3) is 10.9 Å². The van der Waals surface area contributed by atoms with Crippen molar-refractivity contribution in [2.24, 2.45) is 7.05 Å². The first-order valence-electron chi connectivity index (χ1n) is 10.2. The number of aryl methyl sites for hydroxylation is 1. The van der Waals surface area contributed by atoms with Crippen LogP contribution in [0.1, 0.15) is 37.7 Å². The molecule has 3 rings (SSSR count). The SMILES string of the molecule is CCCCOCCC(CNc1nn(C)c2cccc(OC)c12)c1cccc(F)c1. The molecule has 0 spiro atoms. The molecule has 0 radical (unpaired) electrons. The van der Waals surface area contributed by atoms with E-state index >= 15 is 0 Å². The summed E-state index contributed by atoms with van der Waals surface area (Å²) in [7, 11) is 3.58. The Morgan fingerprint density at radius 3 is 2.76 bits per heavy atom. The summed E-state index contributed by atoms with van der Waals surface area (Å²) in [6.07, 6.45) is 2.98. The van der Waals surface area contributed by atoms with Crippen LogP contribution in [-0.4, -0.2) is 36.6 Å². The van der Waals surface area contributed by atoms with Crippen molar-refractivity contribution < 1.29 is 13.9 Å². The number of rotatable bonds is 11. The average molecular weight is 400 g/mol. The summed E-state index contributed by atoms with van der Waals surface area (Å²) in [5, 5.41) is 9.04. The zero-order valence-corrected chi connectivity index (χ0v) is 17.5. The van der Waals surface area contributed by atoms with Crippen LogP contribution in [0, 0.1) is 5.82 Å². The first-order chi connectivity index (χ1) is 14.1. The van der Waals surface area contributed by atoms with E-state index in [1.807, 2.05) is 36.0 Å². The summed E-state index contributed by atoms with van der Waals surface area (Å²) in [6.45, 7) is 4.19. The smallest absolute Gasteiger partial charge is 0.159 e. The molecule has 6 heteroatoms. The van der Waals surface area contributed by atoms with Gasteiger partial charge < -0.3 is 14.8 Å². The Kier molecular flexibility index (Phi) is 7.47. The van der Waals surface area contributed by atoms with Gasteiger partial charge in [0.05, 0.1) is 18.0 Å². The summed E-state index contributed by atoms with van der Waals surface area (Å²) in [6, 6.07) is 12.7. The number of aromatic nitrogens is 2. The molecule has 29 heavy (non-hydrogen) atoms. The lowest BCUT2D eigenvalue weighted by Crippen LogP contribution is -2.16. The van der Waals surface area contributed by atoms with Gasteiger partial charge in [0.15, 0.2) is 5.82 Å². The summed E-state index contributed by atoms with van der Waals surface area (Å²) >= 11 is 0. The van der Waals surface area contributed by atoms with Crippen molar-refractivity contribution in [3.63, 3.8) is 0 Å². The van der Waals surface area contributed by atoms with Gasteiger partial charge in [-0.25, -0.2) is 4.39 Å². The van der Waals surface area contributed by atoms with Crippen LogP contribution in [0.2, 0.25) is 0 Å². The number of halogens is 1. The number of nitrogens with zero attached hydrogens (tertiary/aromatic N) is 2. The third-order valence-corrected chi connectivity index (χ3v) is 5.15. The maximum absolute atomic E-state index is 13.8. The van der Waals surface area contributed by atoms with Crippen molar-refractivity contribution >= 4 is 16.7 Å². The molecule has 156 valence electrons. The third-order valence-electron chi connectivity index (χ3n) is 5.15. The van der Waals surface area contributed by atoms with Crippen molar-refractivity contribution in [1.29, 1.82) is 0 Å². The van der Waals surface area contributed by atoms with E-state index in [4.69, 9.17) is 9.47 Å². The van der Waals surface area contributed by atoms with Crippen molar-refractivity contribution in [3.05, 3.63) is 53.8 Å². The van der Waals surface area contributed by atoms with Crippen LogP contribution >= 0.6 is 0 Å². The van der Waals surface area contributed by atoms with Crippen LogP contribution in [0.15, 0.2) is 42.5 Å². The Morgan fingerprint density at radius 2 is 2.00 bits per heavy atom. The molecule has 1 N–H and O–H groups in total. The predicted octanol–water partition coefficient (Wildman–Crippen LogP) is 5.12. The van der Waals surface area contributed by atoms with E-state index in [1.165, 1.54) is 6.07 Å². The fourth-order valence-electron chi connectivity index (χ4n) is 3.52. The Morgan fingerprint density at radius 1 is 1.17 bits per heavy atom. The van der Waals surface area contributed by atoms with E-state index < -0.39 is 0 Å². The van der Waals surface area contributed by atoms with Crippen molar-refractivity contribution in [2.45, 2.75) is 32.1 Å². The molecular formula is C23H30FN3O2. The minimum atomic E-state index is -0.218. The molecule has 0 aliphatic heterocycles. The normalized spacial score (nSPS) is 12.3. The predicted molar refractivity (Wildman–Crippen MR) is 115 cm³/mol. The summed E-state index contributed by atoms with van der Waals surface area (Å²) in [5.41, 5.74) is 1.96. The molecule has 0 saturated carbocycles. The van der Waals surface area contributed by atoms with E-state index in [9.17, 15) is 4.39 Å². The first kappa shape index (κ1) is 21.1. The van der Waals surface area contributed by atoms with Crippen molar-refractivity contribution in [3.8, 4) is 5.75 Å². The van der Waals surface area contributed by atoms with Gasteiger partial charge in [0.1, 0.15) is 11.6 Å². The number of ether oxygens (including phenoxy) is 2. The Bertz CT molecular complexity index is 926. The Labute approximate surface area is 171 Å². The zero-order chi connectivity index (χ0) is 20.6. The molecule has 0 bridgehead atoms. The van der Waals surface area contributed by atoms with E-state index in [-0.39, 0.29) is 11.7 Å². The monoisotopic (exact) mass is 399 g/mol. The van der Waals surface area contributed by atoms with E-state index in [1.54, 1.807) is 19.2 Å². The lowest BCUT2D eigenvalue weighted by molar-refractivity contribution is 0.124. The molecule has 0 amide bonds. The van der Waals surface area contributed by atoms with Crippen molar-refractivity contribution in [1.82, 2.24) is 9.78 Å². The molecule has 0 fully saturated rings. The molecule has 5 nitrogen and oxygen atoms in total. The number of hydrogen-bond donors (Lipinski definition) is 1. The summed E-state index contributed by atoms with van der Waals surface area (Å²) in [4.78, 5) is 0. The van der Waals surface area contributed by atoms with Crippen LogP contribution in [-0.2, 0) is 11.8 Å². The van der Waals surface area contributed by atoms with E-state index in [0.29, 0.717) is 13.2 Å². The molecule has 1 heterocycles. The minimum Gasteiger partial charge on any atom is -0.496 e. The summed E-state index contributed by atoms with van der Waals surface area (Å²) in [5.74, 6) is 1.44. The van der Waals surface area contributed by atoms with Gasteiger partial charge in [0, 0.05) is 32.7 Å². The molecular weight excluding hydrogens is 369 g/mol. The summed E-state index contributed by atoms with van der Waals surface area (Å²) < 4.78 is 26.9. The topological polar surface area (TPSA) is 48.3 Å². The number of fused-ring (bicyclic) bond motifs is 1. The van der Waals surface area contributed by atoms with Gasteiger partial charge in [-0.2, -0.15) is 5.10 Å². The quantitative estimate of drug-likeness (QED) is 0.455. The minimum absolute atomic E-state index is 0.110. The first-order valence-corrected chi connectivity index (χ1v) is 10.2. The van der Waals surface area contributed by atoms with Crippen LogP contribution in [0.5, 0.6) is 5.75 Å². The molecule has 0 aliphatic rings. The highest BCUT2D eigenvalue weighted by atomic mass is 19.1. The highest BCUT2D eigenvalue weighted by Crippen LogP contribution is 2.32. The molecule has 1 aromatic heterocycles. The number of benzene rings is 2. The fourth-order valence-corrected chi connectivity index (χ4v) is 3.52. The third kappa shape index (κ3) is 5.26. The van der Waals surface area contributed by atoms with E-state index in [0.717, 1.165) is 53.9 Å². The van der Waals surface area contributed by atoms with Gasteiger partial charge in [-0.1, -0.05) is 31.5 Å². The van der Waals surface area contributed by atoms with Gasteiger partial charge in [-0.3, -0.25) is 4.68 Å². The van der Waals surface area contributed by atoms with Crippen LogP contribution in [0.4, 0.5) is 10.2 Å². The maximum atomic E-state index is 13.8. The highest BCUT2D eigenvalue weighted by Gasteiger charge is 2.17. The maximum Gasteiger partial charge on any atom is 0.159 e. The van der Waals surface area contributed by atoms with Gasteiger partial charge in [-0.05, 0) is 42.7 Å². The molecule has 3 aromatic rings. The number of anilines is 1. The molecule has 2 aromatic carbocycles. The Balaban J connectivity index is 1.77. The second kappa shape index (κ2) is 10.3. The lowest BCUT2D eigenvalue weighted by atomic mass is 9.95. The number of methoxy groups -OCH3 is 1. The Hall–Kier alpha value is -2.60. The molecule has 0 saturated heterocycles. The van der Waals surface area contributed by atoms with E-state index in [2.05, 4.69) is 17.3 Å². The lowest BCUT2D eigenvalue weighted by Gasteiger charge is -2.18. The second-order valence-electron chi connectivity index (χ2n) is 7.21.